The molecule has 0 bridgehead atoms. The van der Waals surface area contributed by atoms with Crippen molar-refractivity contribution >= 4 is 16.0 Å². The number of aliphatic imine (C=N–C) groups is 1. The van der Waals surface area contributed by atoms with Gasteiger partial charge in [-0.15, -0.1) is 6.42 Å². The molecule has 0 unspecified atom stereocenters. The first kappa shape index (κ1) is 17.3. The van der Waals surface area contributed by atoms with Crippen LogP contribution in [0.2, 0.25) is 0 Å². The highest BCUT2D eigenvalue weighted by molar-refractivity contribution is 7.89. The van der Waals surface area contributed by atoms with E-state index in [1.165, 1.54) is 0 Å². The second kappa shape index (κ2) is 7.99. The third-order valence-electron chi connectivity index (χ3n) is 3.67. The number of sulfonamides is 1. The standard InChI is InChI=1S/C16H22N4O2S/c1-3-10-18-16(17-2)19-13-14-6-8-15(9-7-14)23(21,22)20-11-4-5-12-20/h1,6-9H,4-5,10-13H2,2H3,(H2,17,18,19). The maximum atomic E-state index is 12.4. The molecule has 6 nitrogen and oxygen atoms in total. The average molecular weight is 334 g/mol. The van der Waals surface area contributed by atoms with Gasteiger partial charge in [0.25, 0.3) is 0 Å². The molecule has 124 valence electrons. The maximum Gasteiger partial charge on any atom is 0.243 e. The minimum atomic E-state index is -3.35. The molecule has 0 radical (unpaired) electrons. The molecule has 0 atom stereocenters. The Morgan fingerprint density at radius 3 is 2.48 bits per heavy atom. The van der Waals surface area contributed by atoms with Gasteiger partial charge in [0.2, 0.25) is 10.0 Å². The molecule has 1 aromatic rings. The highest BCUT2D eigenvalue weighted by Gasteiger charge is 2.26. The van der Waals surface area contributed by atoms with Crippen molar-refractivity contribution in [2.24, 2.45) is 4.99 Å². The van der Waals surface area contributed by atoms with Crippen LogP contribution < -0.4 is 10.6 Å². The van der Waals surface area contributed by atoms with Crippen molar-refractivity contribution in [2.45, 2.75) is 24.3 Å². The molecule has 0 aromatic heterocycles. The molecule has 2 N–H and O–H groups in total. The quantitative estimate of drug-likeness (QED) is 0.474. The van der Waals surface area contributed by atoms with Crippen LogP contribution in [0.4, 0.5) is 0 Å². The van der Waals surface area contributed by atoms with Crippen molar-refractivity contribution in [3.63, 3.8) is 0 Å². The van der Waals surface area contributed by atoms with Gasteiger partial charge in [0.15, 0.2) is 5.96 Å². The average Bonchev–Trinajstić information content (AvgIpc) is 3.11. The van der Waals surface area contributed by atoms with Gasteiger partial charge >= 0.3 is 0 Å². The Morgan fingerprint density at radius 1 is 1.26 bits per heavy atom. The summed E-state index contributed by atoms with van der Waals surface area (Å²) in [6, 6.07) is 6.93. The molecule has 2 rings (SSSR count). The van der Waals surface area contributed by atoms with Crippen molar-refractivity contribution in [3.05, 3.63) is 29.8 Å². The predicted octanol–water partition coefficient (Wildman–Crippen LogP) is 0.769. The van der Waals surface area contributed by atoms with Crippen LogP contribution in [0, 0.1) is 12.3 Å². The van der Waals surface area contributed by atoms with Gasteiger partial charge in [0.1, 0.15) is 0 Å². The molecule has 1 saturated heterocycles. The Hall–Kier alpha value is -2.04. The lowest BCUT2D eigenvalue weighted by molar-refractivity contribution is 0.477. The van der Waals surface area contributed by atoms with E-state index in [0.29, 0.717) is 37.0 Å². The molecule has 7 heteroatoms. The van der Waals surface area contributed by atoms with Gasteiger partial charge in [0, 0.05) is 26.7 Å². The fourth-order valence-corrected chi connectivity index (χ4v) is 3.92. The van der Waals surface area contributed by atoms with E-state index < -0.39 is 10.0 Å². The summed E-state index contributed by atoms with van der Waals surface area (Å²) < 4.78 is 26.4. The number of hydrogen-bond donors (Lipinski definition) is 2. The maximum absolute atomic E-state index is 12.4. The number of terminal acetylenes is 1. The first-order valence-corrected chi connectivity index (χ1v) is 8.99. The molecule has 0 spiro atoms. The van der Waals surface area contributed by atoms with Crippen molar-refractivity contribution in [3.8, 4) is 12.3 Å². The van der Waals surface area contributed by atoms with Crippen molar-refractivity contribution in [1.82, 2.24) is 14.9 Å². The van der Waals surface area contributed by atoms with Crippen molar-refractivity contribution in [1.29, 1.82) is 0 Å². The van der Waals surface area contributed by atoms with Gasteiger partial charge in [-0.2, -0.15) is 4.31 Å². The van der Waals surface area contributed by atoms with Crippen LogP contribution >= 0.6 is 0 Å². The molecule has 1 aromatic carbocycles. The Balaban J connectivity index is 1.98. The zero-order chi connectivity index (χ0) is 16.7. The molecule has 0 aliphatic carbocycles. The van der Waals surface area contributed by atoms with E-state index in [4.69, 9.17) is 6.42 Å². The summed E-state index contributed by atoms with van der Waals surface area (Å²) in [7, 11) is -1.68. The van der Waals surface area contributed by atoms with Gasteiger partial charge in [-0.1, -0.05) is 18.1 Å². The fourth-order valence-electron chi connectivity index (χ4n) is 2.40. The summed E-state index contributed by atoms with van der Waals surface area (Å²) in [5.74, 6) is 3.09. The number of guanidine groups is 1. The summed E-state index contributed by atoms with van der Waals surface area (Å²) >= 11 is 0. The van der Waals surface area contributed by atoms with Crippen LogP contribution in [0.15, 0.2) is 34.2 Å². The second-order valence-electron chi connectivity index (χ2n) is 5.24. The molecule has 1 aliphatic rings. The zero-order valence-corrected chi connectivity index (χ0v) is 14.1. The predicted molar refractivity (Wildman–Crippen MR) is 91.5 cm³/mol. The SMILES string of the molecule is C#CCNC(=NC)NCc1ccc(S(=O)(=O)N2CCCC2)cc1. The topological polar surface area (TPSA) is 73.8 Å². The third kappa shape index (κ3) is 4.47. The smallest absolute Gasteiger partial charge is 0.243 e. The van der Waals surface area contributed by atoms with E-state index >= 15 is 0 Å². The van der Waals surface area contributed by atoms with E-state index in [-0.39, 0.29) is 0 Å². The van der Waals surface area contributed by atoms with Crippen LogP contribution in [-0.2, 0) is 16.6 Å². The van der Waals surface area contributed by atoms with Crippen LogP contribution in [0.1, 0.15) is 18.4 Å². The van der Waals surface area contributed by atoms with Gasteiger partial charge < -0.3 is 10.6 Å². The van der Waals surface area contributed by atoms with E-state index in [0.717, 1.165) is 18.4 Å². The monoisotopic (exact) mass is 334 g/mol. The highest BCUT2D eigenvalue weighted by Crippen LogP contribution is 2.20. The number of hydrogen-bond acceptors (Lipinski definition) is 3. The zero-order valence-electron chi connectivity index (χ0n) is 13.2. The molecular formula is C16H22N4O2S. The molecule has 0 amide bonds. The summed E-state index contributed by atoms with van der Waals surface area (Å²) in [5.41, 5.74) is 0.967. The molecule has 23 heavy (non-hydrogen) atoms. The molecule has 1 aliphatic heterocycles. The van der Waals surface area contributed by atoms with Crippen molar-refractivity contribution in [2.75, 3.05) is 26.7 Å². The second-order valence-corrected chi connectivity index (χ2v) is 7.18. The first-order valence-electron chi connectivity index (χ1n) is 7.55. The Kier molecular flexibility index (Phi) is 6.02. The molecule has 1 heterocycles. The summed E-state index contributed by atoms with van der Waals surface area (Å²) in [6.45, 7) is 2.16. The minimum absolute atomic E-state index is 0.345. The van der Waals surface area contributed by atoms with Gasteiger partial charge in [0.05, 0.1) is 11.4 Å². The Labute approximate surface area is 138 Å². The van der Waals surface area contributed by atoms with E-state index in [9.17, 15) is 8.42 Å². The lowest BCUT2D eigenvalue weighted by Crippen LogP contribution is -2.36. The first-order chi connectivity index (χ1) is 11.1. The summed E-state index contributed by atoms with van der Waals surface area (Å²) in [5, 5.41) is 6.08. The van der Waals surface area contributed by atoms with Crippen LogP contribution in [-0.4, -0.2) is 45.4 Å². The highest BCUT2D eigenvalue weighted by atomic mass is 32.2. The molecule has 1 fully saturated rings. The largest absolute Gasteiger partial charge is 0.352 e. The van der Waals surface area contributed by atoms with Crippen LogP contribution in [0.3, 0.4) is 0 Å². The Morgan fingerprint density at radius 2 is 1.91 bits per heavy atom. The van der Waals surface area contributed by atoms with Crippen molar-refractivity contribution < 1.29 is 8.42 Å². The number of benzene rings is 1. The van der Waals surface area contributed by atoms with E-state index in [1.807, 2.05) is 12.1 Å². The van der Waals surface area contributed by atoms with E-state index in [1.54, 1.807) is 23.5 Å². The van der Waals surface area contributed by atoms with Gasteiger partial charge in [-0.05, 0) is 30.5 Å². The van der Waals surface area contributed by atoms with Gasteiger partial charge in [-0.3, -0.25) is 4.99 Å². The molecule has 0 saturated carbocycles. The van der Waals surface area contributed by atoms with Gasteiger partial charge in [-0.25, -0.2) is 8.42 Å². The Bertz CT molecular complexity index is 684. The fraction of sp³-hybridized carbons (Fsp3) is 0.438. The van der Waals surface area contributed by atoms with E-state index in [2.05, 4.69) is 21.5 Å². The summed E-state index contributed by atoms with van der Waals surface area (Å²) in [4.78, 5) is 4.39. The third-order valence-corrected chi connectivity index (χ3v) is 5.58. The lowest BCUT2D eigenvalue weighted by Gasteiger charge is -2.16. The number of nitrogens with one attached hydrogen (secondary N) is 2. The summed E-state index contributed by atoms with van der Waals surface area (Å²) in [6.07, 6.45) is 7.06. The van der Waals surface area contributed by atoms with Crippen LogP contribution in [0.25, 0.3) is 0 Å². The number of rotatable bonds is 5. The normalized spacial score (nSPS) is 16.1. The lowest BCUT2D eigenvalue weighted by atomic mass is 10.2. The number of nitrogens with zero attached hydrogens (tertiary/aromatic N) is 2. The minimum Gasteiger partial charge on any atom is -0.352 e. The molecular weight excluding hydrogens is 312 g/mol. The van der Waals surface area contributed by atoms with Crippen LogP contribution in [0.5, 0.6) is 0 Å².